The van der Waals surface area contributed by atoms with E-state index in [4.69, 9.17) is 18.0 Å². The van der Waals surface area contributed by atoms with E-state index in [9.17, 15) is 0 Å². The highest BCUT2D eigenvalue weighted by molar-refractivity contribution is 7.71. The van der Waals surface area contributed by atoms with E-state index in [1.165, 1.54) is 16.9 Å². The number of nitrogens with zero attached hydrogens (tertiary/aromatic N) is 1. The van der Waals surface area contributed by atoms with Gasteiger partial charge in [0.2, 0.25) is 0 Å². The van der Waals surface area contributed by atoms with Gasteiger partial charge >= 0.3 is 0 Å². The van der Waals surface area contributed by atoms with Gasteiger partial charge in [0.1, 0.15) is 10.6 Å². The number of aromatic nitrogens is 2. The Labute approximate surface area is 122 Å². The third-order valence-corrected chi connectivity index (χ3v) is 5.55. The zero-order chi connectivity index (χ0) is 13.8. The molecule has 0 radical (unpaired) electrons. The van der Waals surface area contributed by atoms with Crippen molar-refractivity contribution < 1.29 is 0 Å². The first-order chi connectivity index (χ1) is 8.86. The van der Waals surface area contributed by atoms with Gasteiger partial charge in [-0.25, -0.2) is 4.98 Å². The van der Waals surface area contributed by atoms with E-state index in [1.54, 1.807) is 11.3 Å². The average molecular weight is 293 g/mol. The van der Waals surface area contributed by atoms with E-state index >= 15 is 0 Å². The molecule has 102 valence electrons. The summed E-state index contributed by atoms with van der Waals surface area (Å²) in [6.45, 7) is 7.00. The van der Waals surface area contributed by atoms with Gasteiger partial charge in [0, 0.05) is 4.88 Å². The highest BCUT2D eigenvalue weighted by Gasteiger charge is 2.31. The summed E-state index contributed by atoms with van der Waals surface area (Å²) >= 11 is 6.92. The number of fused-ring (bicyclic) bond motifs is 3. The van der Waals surface area contributed by atoms with Crippen molar-refractivity contribution in [3.8, 4) is 0 Å². The second-order valence-electron chi connectivity index (χ2n) is 6.44. The number of nitrogens with one attached hydrogen (secondary N) is 1. The van der Waals surface area contributed by atoms with Gasteiger partial charge in [-0.05, 0) is 48.4 Å². The van der Waals surface area contributed by atoms with E-state index in [0.717, 1.165) is 29.0 Å². The van der Waals surface area contributed by atoms with E-state index in [0.29, 0.717) is 16.0 Å². The van der Waals surface area contributed by atoms with Crippen LogP contribution in [0, 0.1) is 16.1 Å². The number of aromatic amines is 1. The maximum atomic E-state index is 6.05. The molecule has 1 aliphatic carbocycles. The first-order valence-corrected chi connectivity index (χ1v) is 7.89. The minimum Gasteiger partial charge on any atom is -0.383 e. The maximum absolute atomic E-state index is 6.05. The Morgan fingerprint density at radius 2 is 2.16 bits per heavy atom. The number of nitrogen functional groups attached to an aromatic ring is 1. The molecule has 1 unspecified atom stereocenters. The Morgan fingerprint density at radius 1 is 1.42 bits per heavy atom. The molecule has 1 atom stereocenters. The normalized spacial score (nSPS) is 19.6. The lowest BCUT2D eigenvalue weighted by Gasteiger charge is -2.33. The molecule has 0 saturated carbocycles. The lowest BCUT2D eigenvalue weighted by molar-refractivity contribution is 0.218. The van der Waals surface area contributed by atoms with E-state index < -0.39 is 0 Å². The van der Waals surface area contributed by atoms with E-state index in [2.05, 4.69) is 30.7 Å². The molecule has 2 aromatic heterocycles. The second-order valence-corrected chi connectivity index (χ2v) is 7.93. The first-order valence-electron chi connectivity index (χ1n) is 6.66. The highest BCUT2D eigenvalue weighted by atomic mass is 32.1. The van der Waals surface area contributed by atoms with Crippen LogP contribution in [0.5, 0.6) is 0 Å². The van der Waals surface area contributed by atoms with Crippen LogP contribution in [-0.4, -0.2) is 9.97 Å². The van der Waals surface area contributed by atoms with Crippen molar-refractivity contribution in [2.45, 2.75) is 40.0 Å². The Bertz CT molecular complexity index is 691. The molecule has 3 N–H and O–H groups in total. The minimum atomic E-state index is 0.366. The molecule has 0 amide bonds. The van der Waals surface area contributed by atoms with Gasteiger partial charge in [0.15, 0.2) is 4.77 Å². The molecule has 2 aromatic rings. The Hall–Kier alpha value is -0.940. The summed E-state index contributed by atoms with van der Waals surface area (Å²) in [5.41, 5.74) is 7.82. The van der Waals surface area contributed by atoms with Crippen molar-refractivity contribution in [1.82, 2.24) is 9.97 Å². The van der Waals surface area contributed by atoms with Crippen LogP contribution < -0.4 is 5.73 Å². The molecule has 0 fully saturated rings. The van der Waals surface area contributed by atoms with E-state index in [1.807, 2.05) is 0 Å². The van der Waals surface area contributed by atoms with Crippen molar-refractivity contribution >= 4 is 39.6 Å². The zero-order valence-electron chi connectivity index (χ0n) is 11.5. The van der Waals surface area contributed by atoms with Gasteiger partial charge < -0.3 is 10.7 Å². The fraction of sp³-hybridized carbons (Fsp3) is 0.571. The van der Waals surface area contributed by atoms with Crippen molar-refractivity contribution in [2.75, 3.05) is 5.73 Å². The SMILES string of the molecule is CC(C)(C)C1CCc2c(sc3[nH]c(=S)nc(N)c23)C1. The van der Waals surface area contributed by atoms with Crippen molar-refractivity contribution in [3.05, 3.63) is 15.2 Å². The topological polar surface area (TPSA) is 54.7 Å². The predicted molar refractivity (Wildman–Crippen MR) is 84.2 cm³/mol. The average Bonchev–Trinajstić information content (AvgIpc) is 2.64. The summed E-state index contributed by atoms with van der Waals surface area (Å²) in [6.07, 6.45) is 3.49. The number of hydrogen-bond acceptors (Lipinski definition) is 4. The van der Waals surface area contributed by atoms with Crippen LogP contribution in [0.2, 0.25) is 0 Å². The molecule has 0 spiro atoms. The highest BCUT2D eigenvalue weighted by Crippen LogP contribution is 2.43. The number of hydrogen-bond donors (Lipinski definition) is 2. The second kappa shape index (κ2) is 4.28. The van der Waals surface area contributed by atoms with Gasteiger partial charge in [-0.1, -0.05) is 20.8 Å². The van der Waals surface area contributed by atoms with Gasteiger partial charge in [0.05, 0.1) is 5.39 Å². The summed E-state index contributed by atoms with van der Waals surface area (Å²) in [7, 11) is 0. The summed E-state index contributed by atoms with van der Waals surface area (Å²) < 4.78 is 0.482. The summed E-state index contributed by atoms with van der Waals surface area (Å²) in [5, 5.41) is 1.11. The molecular formula is C14H19N3S2. The van der Waals surface area contributed by atoms with Crippen LogP contribution in [0.4, 0.5) is 5.82 Å². The summed E-state index contributed by atoms with van der Waals surface area (Å²) in [4.78, 5) is 9.94. The van der Waals surface area contributed by atoms with Crippen molar-refractivity contribution in [2.24, 2.45) is 11.3 Å². The Morgan fingerprint density at radius 3 is 2.84 bits per heavy atom. The molecule has 2 heterocycles. The zero-order valence-corrected chi connectivity index (χ0v) is 13.2. The lowest BCUT2D eigenvalue weighted by Crippen LogP contribution is -2.26. The molecule has 19 heavy (non-hydrogen) atoms. The predicted octanol–water partition coefficient (Wildman–Crippen LogP) is 4.09. The van der Waals surface area contributed by atoms with Gasteiger partial charge in [-0.2, -0.15) is 0 Å². The van der Waals surface area contributed by atoms with Crippen LogP contribution in [-0.2, 0) is 12.8 Å². The monoisotopic (exact) mass is 293 g/mol. The third-order valence-electron chi connectivity index (χ3n) is 4.19. The minimum absolute atomic E-state index is 0.366. The Kier molecular flexibility index (Phi) is 2.94. The van der Waals surface area contributed by atoms with Crippen LogP contribution in [0.15, 0.2) is 0 Å². The summed E-state index contributed by atoms with van der Waals surface area (Å²) in [6, 6.07) is 0. The molecule has 0 aromatic carbocycles. The van der Waals surface area contributed by atoms with Crippen LogP contribution in [0.3, 0.4) is 0 Å². The van der Waals surface area contributed by atoms with Crippen molar-refractivity contribution in [1.29, 1.82) is 0 Å². The molecular weight excluding hydrogens is 274 g/mol. The number of H-pyrrole nitrogens is 1. The molecule has 1 aliphatic rings. The number of aryl methyl sites for hydroxylation is 1. The van der Waals surface area contributed by atoms with Gasteiger partial charge in [0.25, 0.3) is 0 Å². The number of nitrogens with two attached hydrogens (primary N) is 1. The first kappa shape index (κ1) is 13.1. The molecule has 0 saturated heterocycles. The molecule has 0 aliphatic heterocycles. The fourth-order valence-electron chi connectivity index (χ4n) is 2.97. The number of thiophene rings is 1. The smallest absolute Gasteiger partial charge is 0.199 e. The van der Waals surface area contributed by atoms with Gasteiger partial charge in [-0.3, -0.25) is 0 Å². The Balaban J connectivity index is 2.13. The standard InChI is InChI=1S/C14H19N3S2/c1-14(2,3)7-4-5-8-9(6-7)19-12-10(8)11(15)16-13(18)17-12/h7H,4-6H2,1-3H3,(H3,15,16,17,18). The third kappa shape index (κ3) is 2.19. The van der Waals surface area contributed by atoms with Crippen LogP contribution in [0.1, 0.15) is 37.6 Å². The van der Waals surface area contributed by atoms with Crippen LogP contribution in [0.25, 0.3) is 10.2 Å². The van der Waals surface area contributed by atoms with Crippen molar-refractivity contribution in [3.63, 3.8) is 0 Å². The largest absolute Gasteiger partial charge is 0.383 e. The van der Waals surface area contributed by atoms with E-state index in [-0.39, 0.29) is 0 Å². The number of anilines is 1. The molecule has 3 rings (SSSR count). The quantitative estimate of drug-likeness (QED) is 0.719. The van der Waals surface area contributed by atoms with Gasteiger partial charge in [-0.15, -0.1) is 11.3 Å². The fourth-order valence-corrected chi connectivity index (χ4v) is 4.58. The lowest BCUT2D eigenvalue weighted by atomic mass is 9.72. The molecule has 5 heteroatoms. The summed E-state index contributed by atoms with van der Waals surface area (Å²) in [5.74, 6) is 1.33. The molecule has 3 nitrogen and oxygen atoms in total. The van der Waals surface area contributed by atoms with Crippen LogP contribution >= 0.6 is 23.6 Å². The maximum Gasteiger partial charge on any atom is 0.199 e. The molecule has 0 bridgehead atoms. The number of rotatable bonds is 0.